The van der Waals surface area contributed by atoms with E-state index in [1.807, 2.05) is 6.07 Å². The van der Waals surface area contributed by atoms with Gasteiger partial charge in [-0.15, -0.1) is 0 Å². The molecule has 0 amide bonds. The van der Waals surface area contributed by atoms with Gasteiger partial charge in [0.25, 0.3) is 0 Å². The van der Waals surface area contributed by atoms with Gasteiger partial charge in [0.15, 0.2) is 11.6 Å². The number of methoxy groups -OCH3 is 1. The van der Waals surface area contributed by atoms with Crippen molar-refractivity contribution in [3.05, 3.63) is 24.0 Å². The Morgan fingerprint density at radius 2 is 1.94 bits per heavy atom. The average Bonchev–Trinajstić information content (AvgIpc) is 3.20. The Kier molecular flexibility index (Phi) is 7.67. The summed E-state index contributed by atoms with van der Waals surface area (Å²) >= 11 is 0. The fourth-order valence-corrected chi connectivity index (χ4v) is 6.53. The summed E-state index contributed by atoms with van der Waals surface area (Å²) in [6.07, 6.45) is 4.65. The zero-order valence-corrected chi connectivity index (χ0v) is 19.7. The van der Waals surface area contributed by atoms with Gasteiger partial charge in [-0.3, -0.25) is 0 Å². The number of hydrogen-bond acceptors (Lipinski definition) is 7. The fraction of sp³-hybridized carbons (Fsp3) is 0.760. The second-order valence-electron chi connectivity index (χ2n) is 9.97. The lowest BCUT2D eigenvalue weighted by Gasteiger charge is -2.39. The van der Waals surface area contributed by atoms with Gasteiger partial charge < -0.3 is 35.5 Å². The summed E-state index contributed by atoms with van der Waals surface area (Å²) < 4.78 is 32.1. The second kappa shape index (κ2) is 10.9. The van der Waals surface area contributed by atoms with Crippen molar-refractivity contribution in [3.8, 4) is 5.75 Å². The van der Waals surface area contributed by atoms with E-state index >= 15 is 0 Å². The Morgan fingerprint density at radius 1 is 1.00 bits per heavy atom. The van der Waals surface area contributed by atoms with Gasteiger partial charge in [0.05, 0.1) is 32.1 Å². The minimum atomic E-state index is -0.331. The molecule has 0 saturated carbocycles. The first-order valence-corrected chi connectivity index (χ1v) is 12.7. The highest BCUT2D eigenvalue weighted by molar-refractivity contribution is 5.58. The molecular weight excluding hydrogens is 423 g/mol. The highest BCUT2D eigenvalue weighted by Crippen LogP contribution is 2.39. The quantitative estimate of drug-likeness (QED) is 0.547. The zero-order valence-electron chi connectivity index (χ0n) is 19.7. The van der Waals surface area contributed by atoms with Gasteiger partial charge >= 0.3 is 0 Å². The van der Waals surface area contributed by atoms with E-state index in [9.17, 15) is 4.39 Å². The Balaban J connectivity index is 1.46. The summed E-state index contributed by atoms with van der Waals surface area (Å²) in [5, 5.41) is 15.1. The molecule has 7 nitrogen and oxygen atoms in total. The number of rotatable bonds is 3. The molecule has 8 heteroatoms. The lowest BCUT2D eigenvalue weighted by atomic mass is 9.78. The second-order valence-corrected chi connectivity index (χ2v) is 9.97. The maximum Gasteiger partial charge on any atom is 0.177 e. The molecule has 33 heavy (non-hydrogen) atoms. The SMILES string of the molecule is COc1c(F)cccc1NC1C2CNC[C@@H]3CCCCOCCOC4CNCCC4C1NC23. The molecule has 4 saturated heterocycles. The molecule has 5 rings (SSSR count). The maximum atomic E-state index is 14.5. The third-order valence-electron chi connectivity index (χ3n) is 8.09. The summed E-state index contributed by atoms with van der Waals surface area (Å²) in [6, 6.07) is 5.98. The fourth-order valence-electron chi connectivity index (χ4n) is 6.53. The Morgan fingerprint density at radius 3 is 2.85 bits per heavy atom. The molecule has 4 N–H and O–H groups in total. The first-order valence-electron chi connectivity index (χ1n) is 12.7. The number of ether oxygens (including phenoxy) is 3. The van der Waals surface area contributed by atoms with Gasteiger partial charge in [0.2, 0.25) is 0 Å². The molecule has 0 aromatic heterocycles. The predicted octanol–water partition coefficient (Wildman–Crippen LogP) is 1.99. The molecule has 4 heterocycles. The molecule has 4 fully saturated rings. The van der Waals surface area contributed by atoms with Crippen LogP contribution in [0.1, 0.15) is 25.7 Å². The van der Waals surface area contributed by atoms with Crippen LogP contribution in [0.15, 0.2) is 18.2 Å². The van der Waals surface area contributed by atoms with E-state index in [0.29, 0.717) is 42.8 Å². The lowest BCUT2D eigenvalue weighted by molar-refractivity contribution is -0.0400. The number of fused-ring (bicyclic) bond motifs is 3. The number of benzene rings is 1. The van der Waals surface area contributed by atoms with Crippen LogP contribution < -0.4 is 26.0 Å². The summed E-state index contributed by atoms with van der Waals surface area (Å²) in [4.78, 5) is 0. The molecule has 4 aliphatic rings. The van der Waals surface area contributed by atoms with Crippen molar-refractivity contribution in [2.75, 3.05) is 58.4 Å². The first kappa shape index (κ1) is 23.3. The molecule has 7 atom stereocenters. The predicted molar refractivity (Wildman–Crippen MR) is 126 cm³/mol. The smallest absolute Gasteiger partial charge is 0.177 e. The van der Waals surface area contributed by atoms with Gasteiger partial charge in [0.1, 0.15) is 0 Å². The molecule has 0 spiro atoms. The van der Waals surface area contributed by atoms with Crippen LogP contribution in [0.5, 0.6) is 5.75 Å². The van der Waals surface area contributed by atoms with E-state index in [1.54, 1.807) is 6.07 Å². The van der Waals surface area contributed by atoms with Crippen molar-refractivity contribution in [2.24, 2.45) is 17.8 Å². The minimum absolute atomic E-state index is 0.132. The minimum Gasteiger partial charge on any atom is -0.492 e. The standard InChI is InChI=1S/C25H39FN4O3/c1-31-25-19(26)6-4-7-20(25)29-24-18-14-28-13-16-5-2-3-10-32-11-12-33-21-15-27-9-8-17(21)23(24)30-22(16)18/h4,6-7,16-18,21-24,27-30H,2-3,5,8-15H2,1H3/t16-,17?,18?,21?,22?,23?,24?/m0/s1. The van der Waals surface area contributed by atoms with Gasteiger partial charge in [-0.05, 0) is 50.4 Å². The number of halogens is 1. The van der Waals surface area contributed by atoms with Crippen molar-refractivity contribution >= 4 is 5.69 Å². The number of para-hydroxylation sites is 1. The van der Waals surface area contributed by atoms with Crippen molar-refractivity contribution < 1.29 is 18.6 Å². The lowest BCUT2D eigenvalue weighted by Crippen LogP contribution is -2.54. The van der Waals surface area contributed by atoms with Crippen LogP contribution in [-0.4, -0.2) is 77.3 Å². The van der Waals surface area contributed by atoms with Crippen molar-refractivity contribution in [1.29, 1.82) is 0 Å². The van der Waals surface area contributed by atoms with Crippen LogP contribution in [0.3, 0.4) is 0 Å². The number of piperidine rings is 2. The molecule has 0 aliphatic carbocycles. The van der Waals surface area contributed by atoms with Crippen molar-refractivity contribution in [3.63, 3.8) is 0 Å². The molecule has 1 aromatic carbocycles. The average molecular weight is 463 g/mol. The van der Waals surface area contributed by atoms with E-state index in [1.165, 1.54) is 26.0 Å². The van der Waals surface area contributed by atoms with Crippen LogP contribution in [0, 0.1) is 23.6 Å². The maximum absolute atomic E-state index is 14.5. The largest absolute Gasteiger partial charge is 0.492 e. The summed E-state index contributed by atoms with van der Waals surface area (Å²) in [5.74, 6) is 1.33. The number of anilines is 1. The summed E-state index contributed by atoms with van der Waals surface area (Å²) in [7, 11) is 1.54. The first-order chi connectivity index (χ1) is 16.3. The van der Waals surface area contributed by atoms with Gasteiger partial charge in [-0.1, -0.05) is 12.5 Å². The molecule has 0 radical (unpaired) electrons. The molecule has 2 bridgehead atoms. The molecule has 4 aliphatic heterocycles. The molecule has 184 valence electrons. The Bertz CT molecular complexity index is 784. The van der Waals surface area contributed by atoms with E-state index in [4.69, 9.17) is 14.2 Å². The van der Waals surface area contributed by atoms with Crippen molar-refractivity contribution in [1.82, 2.24) is 16.0 Å². The monoisotopic (exact) mass is 462 g/mol. The number of nitrogens with one attached hydrogen (secondary N) is 4. The Hall–Kier alpha value is -1.45. The highest BCUT2D eigenvalue weighted by Gasteiger charge is 2.51. The van der Waals surface area contributed by atoms with Crippen LogP contribution in [-0.2, 0) is 9.47 Å². The van der Waals surface area contributed by atoms with Gasteiger partial charge in [-0.25, -0.2) is 4.39 Å². The van der Waals surface area contributed by atoms with Gasteiger partial charge in [0, 0.05) is 49.7 Å². The third-order valence-corrected chi connectivity index (χ3v) is 8.09. The van der Waals surface area contributed by atoms with Crippen molar-refractivity contribution in [2.45, 2.75) is 49.9 Å². The van der Waals surface area contributed by atoms with Crippen LogP contribution in [0.2, 0.25) is 0 Å². The van der Waals surface area contributed by atoms with E-state index in [2.05, 4.69) is 21.3 Å². The zero-order chi connectivity index (χ0) is 22.6. The third kappa shape index (κ3) is 5.00. The summed E-state index contributed by atoms with van der Waals surface area (Å²) in [5.41, 5.74) is 0.731. The van der Waals surface area contributed by atoms with Crippen LogP contribution in [0.25, 0.3) is 0 Å². The summed E-state index contributed by atoms with van der Waals surface area (Å²) in [6.45, 7) is 5.94. The van der Waals surface area contributed by atoms with E-state index < -0.39 is 0 Å². The van der Waals surface area contributed by atoms with Crippen LogP contribution >= 0.6 is 0 Å². The van der Waals surface area contributed by atoms with E-state index in [-0.39, 0.29) is 24.0 Å². The normalized spacial score (nSPS) is 37.6. The Labute approximate surface area is 196 Å². The highest BCUT2D eigenvalue weighted by atomic mass is 19.1. The molecule has 1 aromatic rings. The topological polar surface area (TPSA) is 75.8 Å². The number of hydrogen-bond donors (Lipinski definition) is 4. The molecule has 6 unspecified atom stereocenters. The molecular formula is C25H39FN4O3. The van der Waals surface area contributed by atoms with Crippen LogP contribution in [0.4, 0.5) is 10.1 Å². The van der Waals surface area contributed by atoms with E-state index in [0.717, 1.165) is 51.3 Å². The van der Waals surface area contributed by atoms with Gasteiger partial charge in [-0.2, -0.15) is 0 Å².